The van der Waals surface area contributed by atoms with Gasteiger partial charge in [0.25, 0.3) is 0 Å². The quantitative estimate of drug-likeness (QED) is 0.584. The molecule has 0 atom stereocenters. The van der Waals surface area contributed by atoms with Crippen molar-refractivity contribution in [3.05, 3.63) is 69.3 Å². The molecule has 0 amide bonds. The van der Waals surface area contributed by atoms with Crippen LogP contribution in [0.2, 0.25) is 10.0 Å². The monoisotopic (exact) mass is 400 g/mol. The first-order chi connectivity index (χ1) is 13.1. The van der Waals surface area contributed by atoms with Crippen LogP contribution < -0.4 is 0 Å². The summed E-state index contributed by atoms with van der Waals surface area (Å²) >= 11 is 12.9. The lowest BCUT2D eigenvalue weighted by molar-refractivity contribution is -0.142. The van der Waals surface area contributed by atoms with E-state index in [0.29, 0.717) is 28.8 Å². The van der Waals surface area contributed by atoms with E-state index in [0.717, 1.165) is 34.4 Å². The average molecular weight is 401 g/mol. The third kappa shape index (κ3) is 3.13. The van der Waals surface area contributed by atoms with Crippen molar-refractivity contribution in [1.29, 1.82) is 0 Å². The van der Waals surface area contributed by atoms with Crippen molar-refractivity contribution >= 4 is 45.9 Å². The molecule has 1 aliphatic rings. The van der Waals surface area contributed by atoms with E-state index in [1.165, 1.54) is 0 Å². The van der Waals surface area contributed by atoms with Crippen LogP contribution in [0, 0.1) is 0 Å². The summed E-state index contributed by atoms with van der Waals surface area (Å²) in [6, 6.07) is 13.4. The molecule has 0 saturated carbocycles. The Kier molecular flexibility index (Phi) is 4.94. The highest BCUT2D eigenvalue weighted by atomic mass is 35.5. The largest absolute Gasteiger partial charge is 0.466 e. The van der Waals surface area contributed by atoms with E-state index >= 15 is 0 Å². The molecular formula is C21H18Cl2N2O2. The first-order valence-electron chi connectivity index (χ1n) is 8.87. The van der Waals surface area contributed by atoms with Crippen LogP contribution in [0.1, 0.15) is 23.7 Å². The average Bonchev–Trinajstić information content (AvgIpc) is 2.97. The molecule has 0 fully saturated rings. The summed E-state index contributed by atoms with van der Waals surface area (Å²) in [5, 5.41) is 2.14. The molecule has 0 spiro atoms. The van der Waals surface area contributed by atoms with Crippen molar-refractivity contribution in [2.24, 2.45) is 4.99 Å². The molecule has 0 radical (unpaired) electrons. The van der Waals surface area contributed by atoms with Crippen LogP contribution >= 0.6 is 23.2 Å². The Hall–Kier alpha value is -2.30. The summed E-state index contributed by atoms with van der Waals surface area (Å²) in [6.45, 7) is 2.80. The lowest BCUT2D eigenvalue weighted by Crippen LogP contribution is -2.23. The minimum Gasteiger partial charge on any atom is -0.466 e. The number of carbonyl (C=O) groups is 1. The standard InChI is InChI=1S/C21H18Cl2N2O2/c1-2-27-19(26)12-14-13-6-3-4-9-17(13)25-18(14)10-11-24-21(25)20-15(22)7-5-8-16(20)23/h3-9H,2,10-12H2,1H3. The van der Waals surface area contributed by atoms with Gasteiger partial charge in [0.1, 0.15) is 5.84 Å². The molecule has 0 N–H and O–H groups in total. The highest BCUT2D eigenvalue weighted by Crippen LogP contribution is 2.34. The number of carbonyl (C=O) groups excluding carboxylic acids is 1. The van der Waals surface area contributed by atoms with Gasteiger partial charge >= 0.3 is 5.97 Å². The molecule has 2 heterocycles. The Morgan fingerprint density at radius 1 is 1.15 bits per heavy atom. The second-order valence-corrected chi connectivity index (χ2v) is 7.13. The van der Waals surface area contributed by atoms with Crippen LogP contribution in [0.4, 0.5) is 0 Å². The summed E-state index contributed by atoms with van der Waals surface area (Å²) in [4.78, 5) is 16.9. The number of aromatic nitrogens is 1. The van der Waals surface area contributed by atoms with Gasteiger partial charge in [-0.3, -0.25) is 14.4 Å². The summed E-state index contributed by atoms with van der Waals surface area (Å²) in [6.07, 6.45) is 0.981. The van der Waals surface area contributed by atoms with Crippen LogP contribution in [-0.2, 0) is 22.4 Å². The van der Waals surface area contributed by atoms with Crippen LogP contribution in [0.15, 0.2) is 47.5 Å². The van der Waals surface area contributed by atoms with Crippen LogP contribution in [0.5, 0.6) is 0 Å². The van der Waals surface area contributed by atoms with Crippen molar-refractivity contribution in [2.75, 3.05) is 13.2 Å². The van der Waals surface area contributed by atoms with Gasteiger partial charge in [-0.2, -0.15) is 0 Å². The van der Waals surface area contributed by atoms with Crippen molar-refractivity contribution in [2.45, 2.75) is 19.8 Å². The maximum atomic E-state index is 12.2. The number of rotatable bonds is 4. The van der Waals surface area contributed by atoms with E-state index < -0.39 is 0 Å². The Morgan fingerprint density at radius 3 is 2.63 bits per heavy atom. The number of esters is 1. The number of para-hydroxylation sites is 1. The summed E-state index contributed by atoms with van der Waals surface area (Å²) in [5.74, 6) is 0.495. The van der Waals surface area contributed by atoms with E-state index in [-0.39, 0.29) is 12.4 Å². The molecule has 27 heavy (non-hydrogen) atoms. The number of hydrogen-bond acceptors (Lipinski definition) is 3. The second kappa shape index (κ2) is 7.37. The van der Waals surface area contributed by atoms with Crippen LogP contribution in [0.25, 0.3) is 10.9 Å². The summed E-state index contributed by atoms with van der Waals surface area (Å²) in [7, 11) is 0. The highest BCUT2D eigenvalue weighted by Gasteiger charge is 2.26. The Morgan fingerprint density at radius 2 is 1.89 bits per heavy atom. The molecule has 0 bridgehead atoms. The number of hydrogen-bond donors (Lipinski definition) is 0. The summed E-state index contributed by atoms with van der Waals surface area (Å²) < 4.78 is 7.27. The fourth-order valence-electron chi connectivity index (χ4n) is 3.66. The molecule has 3 aromatic rings. The van der Waals surface area contributed by atoms with Crippen molar-refractivity contribution in [3.8, 4) is 0 Å². The predicted octanol–water partition coefficient (Wildman–Crippen LogP) is 4.90. The van der Waals surface area contributed by atoms with Gasteiger partial charge in [0.15, 0.2) is 0 Å². The van der Waals surface area contributed by atoms with E-state index in [2.05, 4.69) is 4.57 Å². The maximum Gasteiger partial charge on any atom is 0.310 e. The minimum atomic E-state index is -0.225. The van der Waals surface area contributed by atoms with Gasteiger partial charge in [0, 0.05) is 24.0 Å². The third-order valence-corrected chi connectivity index (χ3v) is 5.35. The fraction of sp³-hybridized carbons (Fsp3) is 0.238. The van der Waals surface area contributed by atoms with Crippen LogP contribution in [-0.4, -0.2) is 29.5 Å². The first kappa shape index (κ1) is 18.1. The number of halogens is 2. The molecule has 4 rings (SSSR count). The Balaban J connectivity index is 1.94. The normalized spacial score (nSPS) is 13.4. The van der Waals surface area contributed by atoms with E-state index in [4.69, 9.17) is 32.9 Å². The zero-order chi connectivity index (χ0) is 19.0. The molecule has 1 aromatic heterocycles. The second-order valence-electron chi connectivity index (χ2n) is 6.31. The molecule has 0 aliphatic carbocycles. The van der Waals surface area contributed by atoms with Gasteiger partial charge in [-0.15, -0.1) is 0 Å². The zero-order valence-corrected chi connectivity index (χ0v) is 16.3. The third-order valence-electron chi connectivity index (χ3n) is 4.72. The van der Waals surface area contributed by atoms with Crippen molar-refractivity contribution in [1.82, 2.24) is 4.57 Å². The van der Waals surface area contributed by atoms with Gasteiger partial charge in [0.2, 0.25) is 0 Å². The van der Waals surface area contributed by atoms with Gasteiger partial charge in [-0.25, -0.2) is 0 Å². The molecule has 0 saturated heterocycles. The van der Waals surface area contributed by atoms with Gasteiger partial charge in [-0.05, 0) is 30.7 Å². The SMILES string of the molecule is CCOC(=O)Cc1c2n(c3ccccc13)C(c1c(Cl)cccc1Cl)=NCC2. The Labute approximate surface area is 167 Å². The van der Waals surface area contributed by atoms with Crippen molar-refractivity contribution < 1.29 is 9.53 Å². The number of benzene rings is 2. The minimum absolute atomic E-state index is 0.225. The lowest BCUT2D eigenvalue weighted by Gasteiger charge is -2.20. The topological polar surface area (TPSA) is 43.6 Å². The van der Waals surface area contributed by atoms with Crippen LogP contribution in [0.3, 0.4) is 0 Å². The number of aliphatic imine (C=N–C) groups is 1. The molecule has 2 aromatic carbocycles. The van der Waals surface area contributed by atoms with E-state index in [9.17, 15) is 4.79 Å². The summed E-state index contributed by atoms with van der Waals surface area (Å²) in [5.41, 5.74) is 3.75. The maximum absolute atomic E-state index is 12.2. The number of nitrogens with zero attached hydrogens (tertiary/aromatic N) is 2. The molecule has 0 unspecified atom stereocenters. The predicted molar refractivity (Wildman–Crippen MR) is 109 cm³/mol. The van der Waals surface area contributed by atoms with Gasteiger partial charge in [0.05, 0.1) is 34.2 Å². The smallest absolute Gasteiger partial charge is 0.310 e. The van der Waals surface area contributed by atoms with Gasteiger partial charge in [-0.1, -0.05) is 47.5 Å². The lowest BCUT2D eigenvalue weighted by atomic mass is 10.1. The van der Waals surface area contributed by atoms with Crippen molar-refractivity contribution in [3.63, 3.8) is 0 Å². The van der Waals surface area contributed by atoms with E-state index in [1.807, 2.05) is 49.4 Å². The number of ether oxygens (including phenoxy) is 1. The molecular weight excluding hydrogens is 383 g/mol. The Bertz CT molecular complexity index is 1050. The van der Waals surface area contributed by atoms with Gasteiger partial charge < -0.3 is 4.74 Å². The molecule has 1 aliphatic heterocycles. The molecule has 6 heteroatoms. The molecule has 4 nitrogen and oxygen atoms in total. The van der Waals surface area contributed by atoms with E-state index in [1.54, 1.807) is 0 Å². The molecule has 138 valence electrons. The highest BCUT2D eigenvalue weighted by molar-refractivity contribution is 6.40. The zero-order valence-electron chi connectivity index (χ0n) is 14.8. The number of fused-ring (bicyclic) bond motifs is 3. The first-order valence-corrected chi connectivity index (χ1v) is 9.63. The fourth-order valence-corrected chi connectivity index (χ4v) is 4.23.